The van der Waals surface area contributed by atoms with E-state index in [-0.39, 0.29) is 18.2 Å². The van der Waals surface area contributed by atoms with Gasteiger partial charge in [0.1, 0.15) is 18.1 Å². The second-order valence-electron chi connectivity index (χ2n) is 4.10. The molecule has 5 heteroatoms. The molecule has 0 atom stereocenters. The van der Waals surface area contributed by atoms with E-state index in [1.54, 1.807) is 30.3 Å². The van der Waals surface area contributed by atoms with Crippen molar-refractivity contribution < 1.29 is 23.5 Å². The van der Waals surface area contributed by atoms with Crippen LogP contribution in [0.2, 0.25) is 0 Å². The van der Waals surface area contributed by atoms with Crippen LogP contribution in [-0.4, -0.2) is 18.9 Å². The Kier molecular flexibility index (Phi) is 4.20. The molecule has 104 valence electrons. The molecule has 0 unspecified atom stereocenters. The minimum Gasteiger partial charge on any atom is -0.485 e. The zero-order chi connectivity index (χ0) is 14.5. The predicted octanol–water partition coefficient (Wildman–Crippen LogP) is 2.85. The lowest BCUT2D eigenvalue weighted by Crippen LogP contribution is -2.01. The third-order valence-electron chi connectivity index (χ3n) is 2.68. The molecule has 20 heavy (non-hydrogen) atoms. The third-order valence-corrected chi connectivity index (χ3v) is 2.68. The van der Waals surface area contributed by atoms with Crippen molar-refractivity contribution in [2.45, 2.75) is 13.5 Å². The molecule has 1 heterocycles. The summed E-state index contributed by atoms with van der Waals surface area (Å²) in [4.78, 5) is 22.7. The quantitative estimate of drug-likeness (QED) is 0.619. The summed E-state index contributed by atoms with van der Waals surface area (Å²) in [5, 5.41) is 0. The van der Waals surface area contributed by atoms with E-state index in [1.165, 1.54) is 20.1 Å². The molecule has 0 bridgehead atoms. The molecule has 0 aliphatic heterocycles. The number of furan rings is 1. The molecule has 1 aromatic carbocycles. The van der Waals surface area contributed by atoms with Gasteiger partial charge in [-0.3, -0.25) is 4.79 Å². The Morgan fingerprint density at radius 3 is 2.60 bits per heavy atom. The Bertz CT molecular complexity index is 627. The van der Waals surface area contributed by atoms with E-state index >= 15 is 0 Å². The number of esters is 1. The van der Waals surface area contributed by atoms with Crippen molar-refractivity contribution in [1.82, 2.24) is 0 Å². The van der Waals surface area contributed by atoms with Crippen LogP contribution in [-0.2, 0) is 11.3 Å². The number of ether oxygens (including phenoxy) is 2. The Hall–Kier alpha value is -2.56. The lowest BCUT2D eigenvalue weighted by atomic mass is 10.1. The topological polar surface area (TPSA) is 65.7 Å². The molecule has 0 spiro atoms. The first-order valence-electron chi connectivity index (χ1n) is 6.01. The number of benzene rings is 1. The van der Waals surface area contributed by atoms with Crippen LogP contribution in [0.15, 0.2) is 40.8 Å². The smallest absolute Gasteiger partial charge is 0.373 e. The molecule has 0 aliphatic carbocycles. The maximum Gasteiger partial charge on any atom is 0.373 e. The second-order valence-corrected chi connectivity index (χ2v) is 4.10. The standard InChI is InChI=1S/C15H14O5/c1-10(16)12-5-3-4-6-13(12)19-9-11-7-8-14(20-11)15(17)18-2/h3-8H,9H2,1-2H3. The van der Waals surface area contributed by atoms with Crippen LogP contribution in [0.5, 0.6) is 5.75 Å². The van der Waals surface area contributed by atoms with E-state index in [0.29, 0.717) is 17.1 Å². The van der Waals surface area contributed by atoms with Crippen molar-refractivity contribution in [2.75, 3.05) is 7.11 Å². The summed E-state index contributed by atoms with van der Waals surface area (Å²) >= 11 is 0. The molecule has 5 nitrogen and oxygen atoms in total. The van der Waals surface area contributed by atoms with Crippen LogP contribution in [0.1, 0.15) is 33.6 Å². The van der Waals surface area contributed by atoms with Crippen molar-refractivity contribution in [3.63, 3.8) is 0 Å². The summed E-state index contributed by atoms with van der Waals surface area (Å²) in [7, 11) is 1.28. The Labute approximate surface area is 116 Å². The molecular weight excluding hydrogens is 260 g/mol. The molecule has 0 N–H and O–H groups in total. The van der Waals surface area contributed by atoms with Gasteiger partial charge in [-0.15, -0.1) is 0 Å². The number of carbonyl (C=O) groups is 2. The monoisotopic (exact) mass is 274 g/mol. The summed E-state index contributed by atoms with van der Waals surface area (Å²) in [5.74, 6) is 0.460. The maximum absolute atomic E-state index is 11.4. The largest absolute Gasteiger partial charge is 0.485 e. The van der Waals surface area contributed by atoms with Gasteiger partial charge < -0.3 is 13.9 Å². The van der Waals surface area contributed by atoms with Gasteiger partial charge in [-0.1, -0.05) is 12.1 Å². The summed E-state index contributed by atoms with van der Waals surface area (Å²) in [5.41, 5.74) is 0.507. The highest BCUT2D eigenvalue weighted by molar-refractivity contribution is 5.96. The second kappa shape index (κ2) is 6.06. The van der Waals surface area contributed by atoms with Gasteiger partial charge in [-0.2, -0.15) is 0 Å². The number of carbonyl (C=O) groups excluding carboxylic acids is 2. The Morgan fingerprint density at radius 1 is 1.15 bits per heavy atom. The van der Waals surface area contributed by atoms with E-state index in [0.717, 1.165) is 0 Å². The van der Waals surface area contributed by atoms with Gasteiger partial charge in [0.25, 0.3) is 0 Å². The number of hydrogen-bond acceptors (Lipinski definition) is 5. The first-order chi connectivity index (χ1) is 9.61. The molecule has 0 amide bonds. The van der Waals surface area contributed by atoms with Gasteiger partial charge >= 0.3 is 5.97 Å². The van der Waals surface area contributed by atoms with Gasteiger partial charge in [0.2, 0.25) is 5.76 Å². The van der Waals surface area contributed by atoms with Gasteiger partial charge in [0.05, 0.1) is 12.7 Å². The fourth-order valence-electron chi connectivity index (χ4n) is 1.70. The van der Waals surface area contributed by atoms with Crippen molar-refractivity contribution in [3.05, 3.63) is 53.5 Å². The normalized spacial score (nSPS) is 10.1. The number of rotatable bonds is 5. The SMILES string of the molecule is COC(=O)c1ccc(COc2ccccc2C(C)=O)o1. The third kappa shape index (κ3) is 3.06. The van der Waals surface area contributed by atoms with E-state index in [1.807, 2.05) is 0 Å². The van der Waals surface area contributed by atoms with Crippen LogP contribution in [0, 0.1) is 0 Å². The van der Waals surface area contributed by atoms with Crippen molar-refractivity contribution in [3.8, 4) is 5.75 Å². The lowest BCUT2D eigenvalue weighted by molar-refractivity contribution is 0.0561. The molecule has 0 aliphatic rings. The van der Waals surface area contributed by atoms with Crippen molar-refractivity contribution in [1.29, 1.82) is 0 Å². The van der Waals surface area contributed by atoms with Crippen LogP contribution >= 0.6 is 0 Å². The first kappa shape index (κ1) is 13.9. The number of hydrogen-bond donors (Lipinski definition) is 0. The van der Waals surface area contributed by atoms with Crippen LogP contribution in [0.4, 0.5) is 0 Å². The highest BCUT2D eigenvalue weighted by Gasteiger charge is 2.12. The lowest BCUT2D eigenvalue weighted by Gasteiger charge is -2.07. The number of Topliss-reactive ketones (excluding diaryl/α,β-unsaturated/α-hetero) is 1. The fraction of sp³-hybridized carbons (Fsp3) is 0.200. The zero-order valence-electron chi connectivity index (χ0n) is 11.2. The average Bonchev–Trinajstić information content (AvgIpc) is 2.93. The summed E-state index contributed by atoms with van der Waals surface area (Å²) in [6.07, 6.45) is 0. The summed E-state index contributed by atoms with van der Waals surface area (Å²) in [6.45, 7) is 1.60. The zero-order valence-corrected chi connectivity index (χ0v) is 11.2. The maximum atomic E-state index is 11.4. The minimum absolute atomic E-state index is 0.0738. The Morgan fingerprint density at radius 2 is 1.90 bits per heavy atom. The van der Waals surface area contributed by atoms with E-state index in [4.69, 9.17) is 9.15 Å². The molecule has 1 aromatic heterocycles. The number of ketones is 1. The average molecular weight is 274 g/mol. The molecule has 2 aromatic rings. The van der Waals surface area contributed by atoms with Gasteiger partial charge in [-0.05, 0) is 31.2 Å². The van der Waals surface area contributed by atoms with E-state index < -0.39 is 5.97 Å². The molecule has 2 rings (SSSR count). The van der Waals surface area contributed by atoms with Crippen LogP contribution in [0.25, 0.3) is 0 Å². The number of methoxy groups -OCH3 is 1. The van der Waals surface area contributed by atoms with Crippen LogP contribution < -0.4 is 4.74 Å². The molecular formula is C15H14O5. The van der Waals surface area contributed by atoms with E-state index in [2.05, 4.69) is 4.74 Å². The summed E-state index contributed by atoms with van der Waals surface area (Å²) < 4.78 is 15.4. The van der Waals surface area contributed by atoms with Crippen LogP contribution in [0.3, 0.4) is 0 Å². The van der Waals surface area contributed by atoms with Gasteiger partial charge in [0, 0.05) is 0 Å². The van der Waals surface area contributed by atoms with Gasteiger partial charge in [-0.25, -0.2) is 4.79 Å². The first-order valence-corrected chi connectivity index (χ1v) is 6.01. The van der Waals surface area contributed by atoms with Crippen molar-refractivity contribution >= 4 is 11.8 Å². The van der Waals surface area contributed by atoms with E-state index in [9.17, 15) is 9.59 Å². The number of para-hydroxylation sites is 1. The van der Waals surface area contributed by atoms with Crippen molar-refractivity contribution in [2.24, 2.45) is 0 Å². The fourth-order valence-corrected chi connectivity index (χ4v) is 1.70. The summed E-state index contributed by atoms with van der Waals surface area (Å²) in [6, 6.07) is 10.1. The molecule has 0 fully saturated rings. The predicted molar refractivity (Wildman–Crippen MR) is 70.8 cm³/mol. The molecule has 0 saturated carbocycles. The van der Waals surface area contributed by atoms with Gasteiger partial charge in [0.15, 0.2) is 5.78 Å². The minimum atomic E-state index is -0.541. The molecule has 0 radical (unpaired) electrons. The highest BCUT2D eigenvalue weighted by Crippen LogP contribution is 2.20. The Balaban J connectivity index is 2.07. The highest BCUT2D eigenvalue weighted by atomic mass is 16.5. The molecule has 0 saturated heterocycles.